The predicted octanol–water partition coefficient (Wildman–Crippen LogP) is 2.82. The molecular formula is C13H16BrN3O2. The van der Waals surface area contributed by atoms with Gasteiger partial charge in [-0.25, -0.2) is 0 Å². The van der Waals surface area contributed by atoms with Gasteiger partial charge in [-0.3, -0.25) is 4.68 Å². The van der Waals surface area contributed by atoms with Gasteiger partial charge in [0.2, 0.25) is 0 Å². The maximum atomic E-state index is 9.75. The molecule has 0 aliphatic heterocycles. The lowest BCUT2D eigenvalue weighted by molar-refractivity contribution is 0.371. The first kappa shape index (κ1) is 13.7. The molecule has 0 saturated heterocycles. The Labute approximate surface area is 120 Å². The number of ether oxygens (including phenoxy) is 1. The van der Waals surface area contributed by atoms with Crippen LogP contribution in [0.25, 0.3) is 0 Å². The SMILES string of the molecule is COc1cc(CNc2cn(C)nc2C)cc(Br)c1O. The molecule has 1 heterocycles. The van der Waals surface area contributed by atoms with Crippen LogP contribution >= 0.6 is 15.9 Å². The Hall–Kier alpha value is -1.69. The zero-order chi connectivity index (χ0) is 14.0. The minimum Gasteiger partial charge on any atom is -0.503 e. The normalized spacial score (nSPS) is 10.5. The molecule has 2 aromatic rings. The van der Waals surface area contributed by atoms with Crippen LogP contribution in [0.3, 0.4) is 0 Å². The second kappa shape index (κ2) is 5.52. The van der Waals surface area contributed by atoms with Gasteiger partial charge in [-0.05, 0) is 40.5 Å². The van der Waals surface area contributed by atoms with Crippen molar-refractivity contribution in [1.82, 2.24) is 9.78 Å². The molecule has 102 valence electrons. The van der Waals surface area contributed by atoms with Crippen LogP contribution < -0.4 is 10.1 Å². The fourth-order valence-electron chi connectivity index (χ4n) is 1.86. The number of hydrogen-bond donors (Lipinski definition) is 2. The molecule has 2 N–H and O–H groups in total. The maximum Gasteiger partial charge on any atom is 0.172 e. The number of hydrogen-bond acceptors (Lipinski definition) is 4. The lowest BCUT2D eigenvalue weighted by Crippen LogP contribution is -2.00. The molecule has 0 spiro atoms. The fraction of sp³-hybridized carbons (Fsp3) is 0.308. The van der Waals surface area contributed by atoms with Gasteiger partial charge in [0.1, 0.15) is 0 Å². The average molecular weight is 326 g/mol. The summed E-state index contributed by atoms with van der Waals surface area (Å²) in [7, 11) is 3.42. The lowest BCUT2D eigenvalue weighted by atomic mass is 10.2. The Morgan fingerprint density at radius 3 is 2.79 bits per heavy atom. The number of benzene rings is 1. The molecule has 2 rings (SSSR count). The van der Waals surface area contributed by atoms with Crippen molar-refractivity contribution in [3.8, 4) is 11.5 Å². The third kappa shape index (κ3) is 3.01. The third-order valence-corrected chi connectivity index (χ3v) is 3.41. The summed E-state index contributed by atoms with van der Waals surface area (Å²) in [6.45, 7) is 2.58. The van der Waals surface area contributed by atoms with Crippen molar-refractivity contribution < 1.29 is 9.84 Å². The van der Waals surface area contributed by atoms with E-state index in [-0.39, 0.29) is 5.75 Å². The maximum absolute atomic E-state index is 9.75. The molecule has 0 radical (unpaired) electrons. The number of anilines is 1. The highest BCUT2D eigenvalue weighted by atomic mass is 79.9. The summed E-state index contributed by atoms with van der Waals surface area (Å²) >= 11 is 3.31. The van der Waals surface area contributed by atoms with Gasteiger partial charge in [0.15, 0.2) is 11.5 Å². The Morgan fingerprint density at radius 2 is 2.21 bits per heavy atom. The molecule has 0 saturated carbocycles. The predicted molar refractivity (Wildman–Crippen MR) is 77.6 cm³/mol. The Bertz CT molecular complexity index is 596. The van der Waals surface area contributed by atoms with Crippen LogP contribution in [0.4, 0.5) is 5.69 Å². The molecule has 1 aromatic carbocycles. The highest BCUT2D eigenvalue weighted by Gasteiger charge is 2.09. The van der Waals surface area contributed by atoms with Gasteiger partial charge < -0.3 is 15.2 Å². The number of aromatic nitrogens is 2. The van der Waals surface area contributed by atoms with Gasteiger partial charge in [-0.2, -0.15) is 5.10 Å². The molecule has 0 bridgehead atoms. The number of phenolic OH excluding ortho intramolecular Hbond substituents is 1. The van der Waals surface area contributed by atoms with Gasteiger partial charge >= 0.3 is 0 Å². The molecule has 1 aromatic heterocycles. The average Bonchev–Trinajstić information content (AvgIpc) is 2.69. The van der Waals surface area contributed by atoms with Crippen molar-refractivity contribution in [3.05, 3.63) is 34.1 Å². The van der Waals surface area contributed by atoms with Crippen LogP contribution in [0.15, 0.2) is 22.8 Å². The van der Waals surface area contributed by atoms with E-state index in [0.29, 0.717) is 16.8 Å². The van der Waals surface area contributed by atoms with Crippen molar-refractivity contribution in [2.45, 2.75) is 13.5 Å². The number of aryl methyl sites for hydroxylation is 2. The van der Waals surface area contributed by atoms with Crippen LogP contribution in [0.1, 0.15) is 11.3 Å². The summed E-state index contributed by atoms with van der Waals surface area (Å²) in [4.78, 5) is 0. The number of nitrogens with zero attached hydrogens (tertiary/aromatic N) is 2. The second-order valence-corrected chi connectivity index (χ2v) is 5.14. The molecule has 5 nitrogen and oxygen atoms in total. The first-order valence-electron chi connectivity index (χ1n) is 5.80. The highest BCUT2D eigenvalue weighted by molar-refractivity contribution is 9.10. The van der Waals surface area contributed by atoms with Crippen molar-refractivity contribution in [2.75, 3.05) is 12.4 Å². The van der Waals surface area contributed by atoms with Gasteiger partial charge in [-0.15, -0.1) is 0 Å². The van der Waals surface area contributed by atoms with Crippen LogP contribution in [0.5, 0.6) is 11.5 Å². The summed E-state index contributed by atoms with van der Waals surface area (Å²) in [6, 6.07) is 3.66. The first-order valence-corrected chi connectivity index (χ1v) is 6.60. The zero-order valence-corrected chi connectivity index (χ0v) is 12.7. The summed E-state index contributed by atoms with van der Waals surface area (Å²) < 4.78 is 7.51. The number of methoxy groups -OCH3 is 1. The van der Waals surface area contributed by atoms with Crippen LogP contribution in [0.2, 0.25) is 0 Å². The molecule has 0 fully saturated rings. The number of aromatic hydroxyl groups is 1. The molecule has 0 atom stereocenters. The zero-order valence-electron chi connectivity index (χ0n) is 11.1. The minimum absolute atomic E-state index is 0.115. The van der Waals surface area contributed by atoms with E-state index in [0.717, 1.165) is 16.9 Å². The van der Waals surface area contributed by atoms with Crippen molar-refractivity contribution >= 4 is 21.6 Å². The highest BCUT2D eigenvalue weighted by Crippen LogP contribution is 2.35. The topological polar surface area (TPSA) is 59.3 Å². The van der Waals surface area contributed by atoms with E-state index < -0.39 is 0 Å². The summed E-state index contributed by atoms with van der Waals surface area (Å²) in [5.41, 5.74) is 2.95. The van der Waals surface area contributed by atoms with Gasteiger partial charge in [0.25, 0.3) is 0 Å². The summed E-state index contributed by atoms with van der Waals surface area (Å²) in [6.07, 6.45) is 1.93. The van der Waals surface area contributed by atoms with Gasteiger partial charge in [0, 0.05) is 19.8 Å². The number of rotatable bonds is 4. The quantitative estimate of drug-likeness (QED) is 0.907. The summed E-state index contributed by atoms with van der Waals surface area (Å²) in [5.74, 6) is 0.567. The Morgan fingerprint density at radius 1 is 1.47 bits per heavy atom. The molecule has 0 aliphatic rings. The van der Waals surface area contributed by atoms with E-state index in [2.05, 4.69) is 26.3 Å². The molecule has 0 aliphatic carbocycles. The smallest absolute Gasteiger partial charge is 0.172 e. The van der Waals surface area contributed by atoms with Crippen molar-refractivity contribution in [2.24, 2.45) is 7.05 Å². The third-order valence-electron chi connectivity index (χ3n) is 2.80. The van der Waals surface area contributed by atoms with E-state index in [1.807, 2.05) is 26.2 Å². The Balaban J connectivity index is 2.16. The Kier molecular flexibility index (Phi) is 3.99. The van der Waals surface area contributed by atoms with Gasteiger partial charge in [0.05, 0.1) is 23.0 Å². The lowest BCUT2D eigenvalue weighted by Gasteiger charge is -2.10. The first-order chi connectivity index (χ1) is 9.01. The van der Waals surface area contributed by atoms with E-state index in [1.165, 1.54) is 7.11 Å². The molecule has 0 amide bonds. The largest absolute Gasteiger partial charge is 0.503 e. The number of nitrogens with one attached hydrogen (secondary N) is 1. The van der Waals surface area contributed by atoms with Gasteiger partial charge in [-0.1, -0.05) is 0 Å². The molecule has 19 heavy (non-hydrogen) atoms. The minimum atomic E-state index is 0.115. The number of phenols is 1. The molecule has 0 unspecified atom stereocenters. The van der Waals surface area contributed by atoms with Crippen LogP contribution in [0, 0.1) is 6.92 Å². The fourth-order valence-corrected chi connectivity index (χ4v) is 2.34. The van der Waals surface area contributed by atoms with Crippen molar-refractivity contribution in [1.29, 1.82) is 0 Å². The van der Waals surface area contributed by atoms with E-state index in [4.69, 9.17) is 4.74 Å². The van der Waals surface area contributed by atoms with E-state index in [1.54, 1.807) is 10.7 Å². The van der Waals surface area contributed by atoms with Crippen LogP contribution in [-0.4, -0.2) is 22.0 Å². The monoisotopic (exact) mass is 325 g/mol. The summed E-state index contributed by atoms with van der Waals surface area (Å²) in [5, 5.41) is 17.3. The molecule has 6 heteroatoms. The molecular weight excluding hydrogens is 310 g/mol. The van der Waals surface area contributed by atoms with E-state index in [9.17, 15) is 5.11 Å². The second-order valence-electron chi connectivity index (χ2n) is 4.28. The van der Waals surface area contributed by atoms with Crippen molar-refractivity contribution in [3.63, 3.8) is 0 Å². The standard InChI is InChI=1S/C13H16BrN3O2/c1-8-11(7-17(2)16-8)15-6-9-4-10(14)13(18)12(5-9)19-3/h4-5,7,15,18H,6H2,1-3H3. The van der Waals surface area contributed by atoms with E-state index >= 15 is 0 Å². The number of halogens is 1. The van der Waals surface area contributed by atoms with Crippen LogP contribution in [-0.2, 0) is 13.6 Å².